The number of furan rings is 1. The Bertz CT molecular complexity index is 3670. The summed E-state index contributed by atoms with van der Waals surface area (Å²) in [6.45, 7) is 0. The molecule has 28 radical (unpaired) electrons. The van der Waals surface area contributed by atoms with Crippen molar-refractivity contribution >= 4 is 240 Å². The van der Waals surface area contributed by atoms with Gasteiger partial charge in [-0.1, -0.05) is 122 Å². The Hall–Kier alpha value is -5.52. The van der Waals surface area contributed by atoms with Crippen LogP contribution in [0.3, 0.4) is 0 Å². The Labute approximate surface area is 392 Å². The summed E-state index contributed by atoms with van der Waals surface area (Å²) in [5.41, 5.74) is 6.43. The molecule has 0 N–H and O–H groups in total. The van der Waals surface area contributed by atoms with Crippen LogP contribution in [0.2, 0.25) is 0 Å². The predicted molar refractivity (Wildman–Crippen MR) is 283 cm³/mol. The minimum Gasteiger partial charge on any atom is -0.457 e. The molecule has 0 aliphatic rings. The van der Waals surface area contributed by atoms with Gasteiger partial charge in [-0.05, 0) is 44.6 Å². The molecular formula is C45H13B14N3OS. The van der Waals surface area contributed by atoms with E-state index in [0.717, 1.165) is 22.3 Å². The molecule has 64 heavy (non-hydrogen) atoms. The van der Waals surface area contributed by atoms with E-state index >= 15 is 0 Å². The monoisotopic (exact) mass is 797 g/mol. The van der Waals surface area contributed by atoms with Crippen LogP contribution in [0.15, 0.2) is 83.3 Å². The van der Waals surface area contributed by atoms with Gasteiger partial charge >= 0.3 is 0 Å². The molecule has 7 aromatic carbocycles. The van der Waals surface area contributed by atoms with Crippen molar-refractivity contribution in [1.82, 2.24) is 15.0 Å². The molecule has 0 spiro atoms. The average Bonchev–Trinajstić information content (AvgIpc) is 3.92. The van der Waals surface area contributed by atoms with Gasteiger partial charge in [0.15, 0.2) is 17.5 Å². The van der Waals surface area contributed by atoms with Gasteiger partial charge in [-0.15, -0.1) is 33.2 Å². The molecule has 0 saturated carbocycles. The highest BCUT2D eigenvalue weighted by atomic mass is 32.1. The van der Waals surface area contributed by atoms with Gasteiger partial charge < -0.3 is 4.42 Å². The van der Waals surface area contributed by atoms with E-state index < -0.39 is 0 Å². The number of fused-ring (bicyclic) bond motifs is 6. The average molecular weight is 795 g/mol. The summed E-state index contributed by atoms with van der Waals surface area (Å²) < 4.78 is 7.29. The van der Waals surface area contributed by atoms with Crippen molar-refractivity contribution < 1.29 is 4.42 Å². The van der Waals surface area contributed by atoms with Gasteiger partial charge in [0.05, 0.1) is 0 Å². The molecular weight excluding hydrogens is 782 g/mol. The van der Waals surface area contributed by atoms with Crippen LogP contribution in [0, 0.1) is 0 Å². The third-order valence-electron chi connectivity index (χ3n) is 11.8. The molecule has 262 valence electrons. The molecule has 0 unspecified atom stereocenters. The molecule has 0 bridgehead atoms. The van der Waals surface area contributed by atoms with Gasteiger partial charge in [0.1, 0.15) is 121 Å². The third-order valence-corrected chi connectivity index (χ3v) is 13.1. The molecule has 0 saturated heterocycles. The van der Waals surface area contributed by atoms with Gasteiger partial charge in [-0.3, -0.25) is 0 Å². The summed E-state index contributed by atoms with van der Waals surface area (Å²) >= 11 is 1.23. The number of aromatic nitrogens is 3. The molecule has 10 aromatic rings. The Morgan fingerprint density at radius 2 is 0.719 bits per heavy atom. The van der Waals surface area contributed by atoms with Crippen molar-refractivity contribution in [3.8, 4) is 56.4 Å². The maximum atomic E-state index is 7.08. The summed E-state index contributed by atoms with van der Waals surface area (Å²) in [7, 11) is 92.2. The fourth-order valence-corrected chi connectivity index (χ4v) is 9.60. The lowest BCUT2D eigenvalue weighted by Gasteiger charge is -2.19. The van der Waals surface area contributed by atoms with Crippen molar-refractivity contribution in [2.75, 3.05) is 0 Å². The maximum absolute atomic E-state index is 7.08. The second-order valence-corrected chi connectivity index (χ2v) is 16.4. The van der Waals surface area contributed by atoms with Gasteiger partial charge in [0, 0.05) is 36.9 Å². The Morgan fingerprint density at radius 3 is 1.33 bits per heavy atom. The minimum atomic E-state index is -0.0166. The first kappa shape index (κ1) is 42.4. The second-order valence-electron chi connectivity index (χ2n) is 15.4. The van der Waals surface area contributed by atoms with Crippen LogP contribution in [0.25, 0.3) is 98.5 Å². The van der Waals surface area contributed by atoms with Crippen LogP contribution in [-0.4, -0.2) is 125 Å². The van der Waals surface area contributed by atoms with E-state index in [0.29, 0.717) is 31.1 Å². The topological polar surface area (TPSA) is 51.8 Å². The lowest BCUT2D eigenvalue weighted by Crippen LogP contribution is -2.47. The zero-order chi connectivity index (χ0) is 45.2. The fraction of sp³-hybridized carbons (Fsp3) is 0. The Morgan fingerprint density at radius 1 is 0.312 bits per heavy atom. The smallest absolute Gasteiger partial charge is 0.164 e. The molecule has 3 aromatic heterocycles. The normalized spacial score (nSPS) is 11.7. The molecule has 0 atom stereocenters. The van der Waals surface area contributed by atoms with Gasteiger partial charge in [0.25, 0.3) is 0 Å². The van der Waals surface area contributed by atoms with Gasteiger partial charge in [-0.2, -0.15) is 0 Å². The van der Waals surface area contributed by atoms with Crippen molar-refractivity contribution in [3.05, 3.63) is 78.9 Å². The highest BCUT2D eigenvalue weighted by Gasteiger charge is 2.26. The molecule has 3 heterocycles. The number of rotatable bonds is 5. The lowest BCUT2D eigenvalue weighted by atomic mass is 9.64. The first-order valence-electron chi connectivity index (χ1n) is 19.5. The Kier molecular flexibility index (Phi) is 10.3. The quantitative estimate of drug-likeness (QED) is 0.166. The third kappa shape index (κ3) is 6.27. The van der Waals surface area contributed by atoms with Crippen LogP contribution >= 0.6 is 11.3 Å². The number of benzene rings is 7. The van der Waals surface area contributed by atoms with Gasteiger partial charge in [-0.25, -0.2) is 15.0 Å². The molecule has 4 nitrogen and oxygen atoms in total. The Balaban J connectivity index is 1.23. The molecule has 10 rings (SSSR count). The number of thiophene rings is 1. The summed E-state index contributed by atoms with van der Waals surface area (Å²) in [4.78, 5) is 14.8. The zero-order valence-electron chi connectivity index (χ0n) is 33.7. The summed E-state index contributed by atoms with van der Waals surface area (Å²) in [6.07, 6.45) is 0. The van der Waals surface area contributed by atoms with Crippen molar-refractivity contribution in [3.63, 3.8) is 0 Å². The number of nitrogens with zero attached hydrogens (tertiary/aromatic N) is 3. The first-order valence-corrected chi connectivity index (χ1v) is 20.3. The van der Waals surface area contributed by atoms with Crippen LogP contribution in [-0.2, 0) is 0 Å². The minimum absolute atomic E-state index is 0.00152. The van der Waals surface area contributed by atoms with Crippen LogP contribution < -0.4 is 76.5 Å². The maximum Gasteiger partial charge on any atom is 0.164 e. The second kappa shape index (κ2) is 15.6. The van der Waals surface area contributed by atoms with E-state index in [2.05, 4.69) is 24.3 Å². The molecule has 0 aliphatic carbocycles. The van der Waals surface area contributed by atoms with E-state index in [4.69, 9.17) is 129 Å². The molecule has 0 aliphatic heterocycles. The van der Waals surface area contributed by atoms with E-state index in [1.165, 1.54) is 11.3 Å². The van der Waals surface area contributed by atoms with E-state index in [1.807, 2.05) is 54.6 Å². The van der Waals surface area contributed by atoms with Crippen molar-refractivity contribution in [1.29, 1.82) is 0 Å². The van der Waals surface area contributed by atoms with Crippen LogP contribution in [0.4, 0.5) is 0 Å². The van der Waals surface area contributed by atoms with E-state index in [-0.39, 0.29) is 122 Å². The van der Waals surface area contributed by atoms with Crippen LogP contribution in [0.5, 0.6) is 0 Å². The molecule has 19 heteroatoms. The van der Waals surface area contributed by atoms with Crippen molar-refractivity contribution in [2.45, 2.75) is 0 Å². The number of hydrogen-bond donors (Lipinski definition) is 0. The number of hydrogen-bond acceptors (Lipinski definition) is 5. The van der Waals surface area contributed by atoms with E-state index in [9.17, 15) is 0 Å². The highest BCUT2D eigenvalue weighted by molar-refractivity contribution is 7.28. The SMILES string of the molecule is [B]c1c([B])c([B])c2c(oc3c([B])c(-c4nc(-c5ccc(-c6cccc(-c7ccccc7)c6)cc5)nc(-c5c([B])c([B])c6sc7c([B])c([B])c([B])c([B])c7c6c5[B])n4)c([B])c([B])c32)c1[B]. The van der Waals surface area contributed by atoms with Gasteiger partial charge in [0.2, 0.25) is 0 Å². The summed E-state index contributed by atoms with van der Waals surface area (Å²) in [5, 5.41) is 1.46. The predicted octanol–water partition coefficient (Wildman–Crippen LogP) is -4.41. The largest absolute Gasteiger partial charge is 0.457 e. The summed E-state index contributed by atoms with van der Waals surface area (Å²) in [5.74, 6) is 0.180. The highest BCUT2D eigenvalue weighted by Crippen LogP contribution is 2.33. The van der Waals surface area contributed by atoms with Crippen molar-refractivity contribution in [2.24, 2.45) is 0 Å². The molecule has 0 fully saturated rings. The lowest BCUT2D eigenvalue weighted by molar-refractivity contribution is 0.675. The fourth-order valence-electron chi connectivity index (χ4n) is 8.33. The standard InChI is InChI=1S/C45H13B14N3OS/c46-25-21-22-28(49)33(54)35(56)38(59)42(22)64-41(21)37(58)30(51)23(25)44-60-43(16-11-9-15(10-12-16)18-8-4-7-17(13-18)14-5-2-1-3-6-14)61-45(62-44)24-29(50)26(47)19-20-27(48)32(53)34(55)36(57)40(20)63-39(19)31(24)52/h1-13H. The zero-order valence-corrected chi connectivity index (χ0v) is 34.6. The first-order chi connectivity index (χ1) is 30.6. The van der Waals surface area contributed by atoms with E-state index in [1.54, 1.807) is 0 Å². The van der Waals surface area contributed by atoms with Crippen LogP contribution in [0.1, 0.15) is 0 Å². The summed E-state index contributed by atoms with van der Waals surface area (Å²) in [6, 6.07) is 26.1. The molecule has 0 amide bonds.